The Kier molecular flexibility index (Phi) is 7.05. The number of benzene rings is 3. The molecule has 1 heterocycles. The van der Waals surface area contributed by atoms with Crippen LogP contribution in [-0.2, 0) is 0 Å². The largest absolute Gasteiger partial charge is 0.478 e. The molecule has 0 aliphatic heterocycles. The van der Waals surface area contributed by atoms with Crippen molar-refractivity contribution in [1.82, 2.24) is 4.98 Å². The number of ketones is 1. The van der Waals surface area contributed by atoms with Gasteiger partial charge in [-0.2, -0.15) is 0 Å². The first-order chi connectivity index (χ1) is 16.7. The Hall–Kier alpha value is -3.87. The summed E-state index contributed by atoms with van der Waals surface area (Å²) in [4.78, 5) is 33.1. The molecular weight excluding hydrogens is 485 g/mol. The van der Waals surface area contributed by atoms with Crippen LogP contribution in [0.25, 0.3) is 0 Å². The number of aromatic carboxylic acids is 1. The maximum atomic E-state index is 13.3. The number of rotatable bonds is 7. The molecule has 0 fully saturated rings. The summed E-state index contributed by atoms with van der Waals surface area (Å²) in [6.07, 6.45) is 1.60. The number of carbonyl (C=O) groups is 2. The van der Waals surface area contributed by atoms with Crippen molar-refractivity contribution in [3.8, 4) is 0 Å². The first-order valence-corrected chi connectivity index (χ1v) is 11.4. The minimum absolute atomic E-state index is 0.00109. The fraction of sp³-hybridized carbons (Fsp3) is 0.0741. The van der Waals surface area contributed by atoms with Crippen molar-refractivity contribution in [3.63, 3.8) is 0 Å². The number of nitrogens with zero attached hydrogens (tertiary/aromatic N) is 3. The Bertz CT molecular complexity index is 1390. The number of carboxylic acid groups (broad SMARTS) is 1. The molecule has 0 aliphatic rings. The molecule has 0 atom stereocenters. The highest BCUT2D eigenvalue weighted by molar-refractivity contribution is 6.31. The summed E-state index contributed by atoms with van der Waals surface area (Å²) in [7, 11) is 3.66. The minimum Gasteiger partial charge on any atom is -0.478 e. The molecule has 3 aromatic carbocycles. The Balaban J connectivity index is 1.64. The van der Waals surface area contributed by atoms with E-state index in [4.69, 9.17) is 23.2 Å². The number of halogens is 2. The van der Waals surface area contributed by atoms with Gasteiger partial charge in [0.15, 0.2) is 0 Å². The van der Waals surface area contributed by atoms with E-state index in [0.717, 1.165) is 17.1 Å². The van der Waals surface area contributed by atoms with Gasteiger partial charge < -0.3 is 14.9 Å². The second-order valence-corrected chi connectivity index (χ2v) is 8.75. The van der Waals surface area contributed by atoms with Crippen LogP contribution in [0.5, 0.6) is 0 Å². The van der Waals surface area contributed by atoms with Crippen molar-refractivity contribution in [3.05, 3.63) is 112 Å². The molecule has 0 spiro atoms. The molecule has 1 aromatic heterocycles. The van der Waals surface area contributed by atoms with E-state index in [1.165, 1.54) is 12.1 Å². The van der Waals surface area contributed by atoms with Gasteiger partial charge in [0.05, 0.1) is 17.4 Å². The van der Waals surface area contributed by atoms with Gasteiger partial charge in [0, 0.05) is 46.8 Å². The number of anilines is 4. The highest BCUT2D eigenvalue weighted by atomic mass is 35.5. The third kappa shape index (κ3) is 5.45. The molecule has 0 radical (unpaired) electrons. The molecule has 35 heavy (non-hydrogen) atoms. The van der Waals surface area contributed by atoms with Gasteiger partial charge in [-0.1, -0.05) is 29.3 Å². The SMILES string of the molecule is CN(c1ccc(Cl)cc1)c1ccc(C(=O)c2cc(C(=O)O)cc(N(C)c3cccc(Cl)c3)c2)nc1. The topological polar surface area (TPSA) is 73.7 Å². The molecule has 0 saturated carbocycles. The Morgan fingerprint density at radius 3 is 2.00 bits per heavy atom. The summed E-state index contributed by atoms with van der Waals surface area (Å²) in [5.74, 6) is -1.51. The Labute approximate surface area is 213 Å². The van der Waals surface area contributed by atoms with Gasteiger partial charge in [-0.05, 0) is 72.8 Å². The first-order valence-electron chi connectivity index (χ1n) is 10.6. The third-order valence-corrected chi connectivity index (χ3v) is 6.08. The second-order valence-electron chi connectivity index (χ2n) is 7.88. The summed E-state index contributed by atoms with van der Waals surface area (Å²) >= 11 is 12.1. The molecular formula is C27H21Cl2N3O3. The van der Waals surface area contributed by atoms with Crippen molar-refractivity contribution < 1.29 is 14.7 Å². The second kappa shape index (κ2) is 10.2. The van der Waals surface area contributed by atoms with E-state index >= 15 is 0 Å². The fourth-order valence-corrected chi connectivity index (χ4v) is 3.88. The van der Waals surface area contributed by atoms with E-state index in [2.05, 4.69) is 4.98 Å². The number of aromatic nitrogens is 1. The maximum Gasteiger partial charge on any atom is 0.335 e. The Morgan fingerprint density at radius 1 is 0.714 bits per heavy atom. The lowest BCUT2D eigenvalue weighted by molar-refractivity contribution is 0.0697. The summed E-state index contributed by atoms with van der Waals surface area (Å²) in [6.45, 7) is 0. The van der Waals surface area contributed by atoms with Crippen molar-refractivity contribution in [2.45, 2.75) is 0 Å². The fourth-order valence-electron chi connectivity index (χ4n) is 3.57. The van der Waals surface area contributed by atoms with Crippen LogP contribution in [0.2, 0.25) is 10.0 Å². The van der Waals surface area contributed by atoms with Crippen LogP contribution in [0.15, 0.2) is 85.1 Å². The number of pyridine rings is 1. The quantitative estimate of drug-likeness (QED) is 0.276. The van der Waals surface area contributed by atoms with E-state index in [9.17, 15) is 14.7 Å². The number of carbonyl (C=O) groups excluding carboxylic acids is 1. The zero-order chi connectivity index (χ0) is 25.1. The van der Waals surface area contributed by atoms with Gasteiger partial charge in [-0.3, -0.25) is 9.78 Å². The van der Waals surface area contributed by atoms with Crippen molar-refractivity contribution in [2.75, 3.05) is 23.9 Å². The highest BCUT2D eigenvalue weighted by Gasteiger charge is 2.18. The molecule has 0 aliphatic carbocycles. The highest BCUT2D eigenvalue weighted by Crippen LogP contribution is 2.29. The van der Waals surface area contributed by atoms with Gasteiger partial charge in [0.2, 0.25) is 5.78 Å². The lowest BCUT2D eigenvalue weighted by atomic mass is 10.0. The predicted molar refractivity (Wildman–Crippen MR) is 140 cm³/mol. The van der Waals surface area contributed by atoms with E-state index in [-0.39, 0.29) is 22.6 Å². The zero-order valence-electron chi connectivity index (χ0n) is 18.9. The number of hydrogen-bond acceptors (Lipinski definition) is 5. The molecule has 4 aromatic rings. The molecule has 8 heteroatoms. The van der Waals surface area contributed by atoms with E-state index in [1.54, 1.807) is 66.7 Å². The summed E-state index contributed by atoms with van der Waals surface area (Å²) in [6, 6.07) is 22.4. The minimum atomic E-state index is -1.13. The Morgan fingerprint density at radius 2 is 1.37 bits per heavy atom. The summed E-state index contributed by atoms with van der Waals surface area (Å²) in [5.41, 5.74) is 3.42. The summed E-state index contributed by atoms with van der Waals surface area (Å²) in [5, 5.41) is 10.8. The van der Waals surface area contributed by atoms with Crippen LogP contribution < -0.4 is 9.80 Å². The standard InChI is InChI=1S/C27H21Cl2N3O3/c1-31(21-8-6-19(28)7-9-21)23-10-11-25(30-16-23)26(33)17-12-18(27(34)35)14-24(13-17)32(2)22-5-3-4-20(29)15-22/h3-16H,1-2H3,(H,34,35). The average Bonchev–Trinajstić information content (AvgIpc) is 2.87. The first kappa shape index (κ1) is 24.3. The molecule has 0 unspecified atom stereocenters. The van der Waals surface area contributed by atoms with Crippen LogP contribution in [0.1, 0.15) is 26.4 Å². The van der Waals surface area contributed by atoms with Gasteiger partial charge in [0.1, 0.15) is 5.69 Å². The van der Waals surface area contributed by atoms with Crippen molar-refractivity contribution in [2.24, 2.45) is 0 Å². The third-order valence-electron chi connectivity index (χ3n) is 5.59. The molecule has 6 nitrogen and oxygen atoms in total. The predicted octanol–water partition coefficient (Wildman–Crippen LogP) is 6.85. The molecule has 4 rings (SSSR count). The van der Waals surface area contributed by atoms with Crippen LogP contribution in [0, 0.1) is 0 Å². The van der Waals surface area contributed by atoms with E-state index in [1.807, 2.05) is 30.1 Å². The monoisotopic (exact) mass is 505 g/mol. The zero-order valence-corrected chi connectivity index (χ0v) is 20.5. The molecule has 0 saturated heterocycles. The lowest BCUT2D eigenvalue weighted by Gasteiger charge is -2.21. The normalized spacial score (nSPS) is 10.6. The van der Waals surface area contributed by atoms with Crippen LogP contribution in [-0.4, -0.2) is 35.9 Å². The van der Waals surface area contributed by atoms with Gasteiger partial charge in [-0.15, -0.1) is 0 Å². The van der Waals surface area contributed by atoms with Crippen molar-refractivity contribution in [1.29, 1.82) is 0 Å². The van der Waals surface area contributed by atoms with E-state index < -0.39 is 5.97 Å². The van der Waals surface area contributed by atoms with Crippen molar-refractivity contribution >= 4 is 57.7 Å². The van der Waals surface area contributed by atoms with Crippen LogP contribution in [0.4, 0.5) is 22.7 Å². The van der Waals surface area contributed by atoms with Gasteiger partial charge in [-0.25, -0.2) is 4.79 Å². The molecule has 0 bridgehead atoms. The summed E-state index contributed by atoms with van der Waals surface area (Å²) < 4.78 is 0. The number of hydrogen-bond donors (Lipinski definition) is 1. The number of carboxylic acids is 1. The molecule has 0 amide bonds. The average molecular weight is 506 g/mol. The van der Waals surface area contributed by atoms with Crippen LogP contribution >= 0.6 is 23.2 Å². The van der Waals surface area contributed by atoms with Gasteiger partial charge >= 0.3 is 5.97 Å². The van der Waals surface area contributed by atoms with E-state index in [0.29, 0.717) is 15.7 Å². The smallest absolute Gasteiger partial charge is 0.335 e. The molecule has 176 valence electrons. The van der Waals surface area contributed by atoms with Gasteiger partial charge in [0.25, 0.3) is 0 Å². The lowest BCUT2D eigenvalue weighted by Crippen LogP contribution is -2.14. The molecule has 1 N–H and O–H groups in total. The maximum absolute atomic E-state index is 13.3. The van der Waals surface area contributed by atoms with Crippen LogP contribution in [0.3, 0.4) is 0 Å².